The van der Waals surface area contributed by atoms with Gasteiger partial charge in [-0.3, -0.25) is 9.59 Å². The van der Waals surface area contributed by atoms with Crippen LogP contribution in [0.2, 0.25) is 0 Å². The summed E-state index contributed by atoms with van der Waals surface area (Å²) < 4.78 is 32.6. The fourth-order valence-corrected chi connectivity index (χ4v) is 5.25. The maximum atomic E-state index is 13.0. The minimum absolute atomic E-state index is 0.0157. The minimum Gasteiger partial charge on any atom is -0.378 e. The number of carbonyl (C=O) groups is 1. The third-order valence-corrected chi connectivity index (χ3v) is 7.23. The third kappa shape index (κ3) is 3.45. The van der Waals surface area contributed by atoms with Crippen LogP contribution in [0.3, 0.4) is 0 Å². The van der Waals surface area contributed by atoms with Crippen LogP contribution in [0.4, 0.5) is 0 Å². The molecule has 3 heterocycles. The molecule has 2 saturated heterocycles. The summed E-state index contributed by atoms with van der Waals surface area (Å²) >= 11 is 0. The summed E-state index contributed by atoms with van der Waals surface area (Å²) in [7, 11) is -3.66. The highest BCUT2D eigenvalue weighted by molar-refractivity contribution is 7.89. The van der Waals surface area contributed by atoms with Crippen molar-refractivity contribution in [1.29, 1.82) is 0 Å². The van der Waals surface area contributed by atoms with Crippen LogP contribution in [0, 0.1) is 0 Å². The number of aromatic nitrogens is 1. The molecule has 2 aliphatic heterocycles. The van der Waals surface area contributed by atoms with Crippen LogP contribution in [0.15, 0.2) is 34.1 Å². The Hall–Kier alpha value is -2.23. The first-order chi connectivity index (χ1) is 13.5. The van der Waals surface area contributed by atoms with Crippen LogP contribution in [-0.4, -0.2) is 67.9 Å². The summed E-state index contributed by atoms with van der Waals surface area (Å²) in [6.45, 7) is 2.73. The van der Waals surface area contributed by atoms with E-state index in [4.69, 9.17) is 4.74 Å². The van der Waals surface area contributed by atoms with Crippen molar-refractivity contribution in [3.8, 4) is 0 Å². The molecule has 0 spiro atoms. The third-order valence-electron chi connectivity index (χ3n) is 5.33. The number of piperidine rings is 1. The number of H-pyrrole nitrogens is 1. The van der Waals surface area contributed by atoms with Gasteiger partial charge in [0.2, 0.25) is 15.5 Å². The Labute approximate surface area is 163 Å². The fraction of sp³-hybridized carbons (Fsp3) is 0.474. The Kier molecular flexibility index (Phi) is 5.22. The van der Waals surface area contributed by atoms with Crippen molar-refractivity contribution in [2.75, 3.05) is 39.4 Å². The Morgan fingerprint density at radius 1 is 1.04 bits per heavy atom. The number of nitrogens with one attached hydrogen (secondary N) is 1. The molecule has 2 aromatic rings. The maximum Gasteiger partial charge on any atom is 0.259 e. The van der Waals surface area contributed by atoms with Gasteiger partial charge >= 0.3 is 0 Å². The summed E-state index contributed by atoms with van der Waals surface area (Å²) in [4.78, 5) is 30.3. The topological polar surface area (TPSA) is 99.8 Å². The molecule has 2 fully saturated rings. The number of hydrogen-bond donors (Lipinski definition) is 1. The van der Waals surface area contributed by atoms with E-state index in [1.165, 1.54) is 22.6 Å². The van der Waals surface area contributed by atoms with Crippen molar-refractivity contribution < 1.29 is 17.9 Å². The lowest BCUT2D eigenvalue weighted by Crippen LogP contribution is -2.42. The summed E-state index contributed by atoms with van der Waals surface area (Å²) in [6.07, 6.45) is 4.11. The normalized spacial score (nSPS) is 19.1. The van der Waals surface area contributed by atoms with E-state index < -0.39 is 15.5 Å². The molecule has 0 saturated carbocycles. The van der Waals surface area contributed by atoms with Gasteiger partial charge in [0, 0.05) is 43.3 Å². The average molecular weight is 405 g/mol. The van der Waals surface area contributed by atoms with E-state index in [9.17, 15) is 18.0 Å². The summed E-state index contributed by atoms with van der Waals surface area (Å²) in [5.74, 6) is -0.365. The number of hydrogen-bond acceptors (Lipinski definition) is 5. The number of pyridine rings is 1. The number of fused-ring (bicyclic) bond motifs is 1. The second-order valence-corrected chi connectivity index (χ2v) is 9.05. The lowest BCUT2D eigenvalue weighted by molar-refractivity contribution is 0.0302. The first-order valence-corrected chi connectivity index (χ1v) is 10.9. The lowest BCUT2D eigenvalue weighted by atomic mass is 10.1. The Morgan fingerprint density at radius 3 is 2.46 bits per heavy atom. The van der Waals surface area contributed by atoms with Gasteiger partial charge in [0.05, 0.1) is 18.1 Å². The number of aromatic amines is 1. The molecule has 1 aromatic carbocycles. The summed E-state index contributed by atoms with van der Waals surface area (Å²) in [6, 6.07) is 4.47. The molecule has 2 aliphatic rings. The second kappa shape index (κ2) is 7.65. The SMILES string of the molecule is O=C(c1c[nH]c2ccc(S(=O)(=O)N3CCCCC3)cc2c1=O)N1CCOCC1. The number of benzene rings is 1. The van der Waals surface area contributed by atoms with Crippen molar-refractivity contribution in [2.24, 2.45) is 0 Å². The standard InChI is InChI=1S/C19H23N3O5S/c23-18-15-12-14(28(25,26)22-6-2-1-3-7-22)4-5-17(15)20-13-16(18)19(24)21-8-10-27-11-9-21/h4-5,12-13H,1-3,6-11H2,(H,20,23). The van der Waals surface area contributed by atoms with E-state index in [1.54, 1.807) is 11.0 Å². The van der Waals surface area contributed by atoms with Gasteiger partial charge in [-0.1, -0.05) is 6.42 Å². The van der Waals surface area contributed by atoms with Crippen molar-refractivity contribution in [3.63, 3.8) is 0 Å². The van der Waals surface area contributed by atoms with Gasteiger partial charge in [0.25, 0.3) is 5.91 Å². The highest BCUT2D eigenvalue weighted by Gasteiger charge is 2.27. The number of morpholine rings is 1. The lowest BCUT2D eigenvalue weighted by Gasteiger charge is -2.26. The average Bonchev–Trinajstić information content (AvgIpc) is 2.74. The second-order valence-electron chi connectivity index (χ2n) is 7.11. The van der Waals surface area contributed by atoms with Crippen LogP contribution >= 0.6 is 0 Å². The fourth-order valence-electron chi connectivity index (χ4n) is 3.71. The van der Waals surface area contributed by atoms with E-state index in [-0.39, 0.29) is 21.8 Å². The summed E-state index contributed by atoms with van der Waals surface area (Å²) in [5, 5.41) is 0.206. The first-order valence-electron chi connectivity index (χ1n) is 9.51. The van der Waals surface area contributed by atoms with Gasteiger partial charge in [-0.2, -0.15) is 4.31 Å². The van der Waals surface area contributed by atoms with Gasteiger partial charge in [-0.25, -0.2) is 8.42 Å². The van der Waals surface area contributed by atoms with Crippen molar-refractivity contribution in [3.05, 3.63) is 40.2 Å². The van der Waals surface area contributed by atoms with E-state index in [1.807, 2.05) is 0 Å². The molecule has 1 N–H and O–H groups in total. The molecule has 150 valence electrons. The van der Waals surface area contributed by atoms with Crippen LogP contribution in [0.5, 0.6) is 0 Å². The summed E-state index contributed by atoms with van der Waals surface area (Å²) in [5.41, 5.74) is 0.0592. The Morgan fingerprint density at radius 2 is 1.75 bits per heavy atom. The molecule has 0 bridgehead atoms. The predicted octanol–water partition coefficient (Wildman–Crippen LogP) is 1.18. The molecule has 4 rings (SSSR count). The number of amides is 1. The zero-order valence-corrected chi connectivity index (χ0v) is 16.3. The minimum atomic E-state index is -3.66. The monoisotopic (exact) mass is 405 g/mol. The molecule has 0 radical (unpaired) electrons. The molecule has 0 unspecified atom stereocenters. The molecule has 0 aliphatic carbocycles. The van der Waals surface area contributed by atoms with E-state index >= 15 is 0 Å². The molecule has 1 aromatic heterocycles. The molecule has 8 nitrogen and oxygen atoms in total. The van der Waals surface area contributed by atoms with E-state index in [2.05, 4.69) is 4.98 Å². The van der Waals surface area contributed by atoms with E-state index in [0.717, 1.165) is 19.3 Å². The van der Waals surface area contributed by atoms with Crippen molar-refractivity contribution >= 4 is 26.8 Å². The molecule has 0 atom stereocenters. The van der Waals surface area contributed by atoms with Gasteiger partial charge in [-0.15, -0.1) is 0 Å². The Bertz CT molecular complexity index is 1050. The van der Waals surface area contributed by atoms with Crippen LogP contribution in [-0.2, 0) is 14.8 Å². The zero-order chi connectivity index (χ0) is 19.7. The number of ether oxygens (including phenoxy) is 1. The largest absolute Gasteiger partial charge is 0.378 e. The van der Waals surface area contributed by atoms with Crippen LogP contribution < -0.4 is 5.43 Å². The first kappa shape index (κ1) is 19.1. The van der Waals surface area contributed by atoms with Gasteiger partial charge < -0.3 is 14.6 Å². The zero-order valence-electron chi connectivity index (χ0n) is 15.5. The van der Waals surface area contributed by atoms with Crippen molar-refractivity contribution in [2.45, 2.75) is 24.2 Å². The molecule has 1 amide bonds. The number of nitrogens with zero attached hydrogens (tertiary/aromatic N) is 2. The highest BCUT2D eigenvalue weighted by atomic mass is 32.2. The smallest absolute Gasteiger partial charge is 0.259 e. The maximum absolute atomic E-state index is 13.0. The molecule has 28 heavy (non-hydrogen) atoms. The van der Waals surface area contributed by atoms with Crippen molar-refractivity contribution in [1.82, 2.24) is 14.2 Å². The highest BCUT2D eigenvalue weighted by Crippen LogP contribution is 2.23. The molecule has 9 heteroatoms. The molecular weight excluding hydrogens is 382 g/mol. The predicted molar refractivity (Wildman–Crippen MR) is 104 cm³/mol. The Balaban J connectivity index is 1.73. The van der Waals surface area contributed by atoms with Crippen LogP contribution in [0.1, 0.15) is 29.6 Å². The number of rotatable bonds is 3. The van der Waals surface area contributed by atoms with Gasteiger partial charge in [0.1, 0.15) is 5.56 Å². The van der Waals surface area contributed by atoms with E-state index in [0.29, 0.717) is 44.9 Å². The van der Waals surface area contributed by atoms with Crippen LogP contribution in [0.25, 0.3) is 10.9 Å². The number of carbonyl (C=O) groups excluding carboxylic acids is 1. The van der Waals surface area contributed by atoms with Gasteiger partial charge in [-0.05, 0) is 31.0 Å². The van der Waals surface area contributed by atoms with Gasteiger partial charge in [0.15, 0.2) is 0 Å². The number of sulfonamides is 1. The molecular formula is C19H23N3O5S. The quantitative estimate of drug-likeness (QED) is 0.826.